The molecule has 1 rings (SSSR count). The van der Waals surface area contributed by atoms with Crippen LogP contribution >= 0.6 is 0 Å². The van der Waals surface area contributed by atoms with E-state index < -0.39 is 10.2 Å². The average Bonchev–Trinajstić information content (AvgIpc) is 2.30. The smallest absolute Gasteiger partial charge is 0.198 e. The van der Waals surface area contributed by atoms with Crippen LogP contribution in [0.2, 0.25) is 0 Å². The standard InChI is InChI=1S/C11H21N3O2S/c1-3-13(9-5-7-12)17(15,16)14-8-4-6-11(2)10-14/h11H,3-6,8-10H2,1-2H3/t11-/m0/s1. The van der Waals surface area contributed by atoms with Crippen molar-refractivity contribution in [2.45, 2.75) is 33.1 Å². The van der Waals surface area contributed by atoms with E-state index in [1.807, 2.05) is 13.0 Å². The molecule has 0 N–H and O–H groups in total. The van der Waals surface area contributed by atoms with Gasteiger partial charge in [-0.1, -0.05) is 13.8 Å². The number of hydrogen-bond donors (Lipinski definition) is 0. The van der Waals surface area contributed by atoms with Crippen LogP contribution in [0.3, 0.4) is 0 Å². The normalized spacial score (nSPS) is 22.6. The minimum absolute atomic E-state index is 0.246. The molecule has 1 fully saturated rings. The summed E-state index contributed by atoms with van der Waals surface area (Å²) >= 11 is 0. The highest BCUT2D eigenvalue weighted by molar-refractivity contribution is 7.86. The number of nitrogens with zero attached hydrogens (tertiary/aromatic N) is 3. The minimum atomic E-state index is -3.36. The van der Waals surface area contributed by atoms with Gasteiger partial charge in [-0.15, -0.1) is 0 Å². The zero-order valence-corrected chi connectivity index (χ0v) is 11.4. The molecule has 0 radical (unpaired) electrons. The lowest BCUT2D eigenvalue weighted by atomic mass is 10.0. The molecule has 0 unspecified atom stereocenters. The van der Waals surface area contributed by atoms with Gasteiger partial charge in [0, 0.05) is 32.6 Å². The molecule has 1 aliphatic heterocycles. The first kappa shape index (κ1) is 14.4. The second-order valence-corrected chi connectivity index (χ2v) is 6.44. The van der Waals surface area contributed by atoms with Gasteiger partial charge >= 0.3 is 0 Å². The van der Waals surface area contributed by atoms with E-state index in [9.17, 15) is 8.42 Å². The molecule has 6 heteroatoms. The van der Waals surface area contributed by atoms with Crippen LogP contribution in [0.4, 0.5) is 0 Å². The summed E-state index contributed by atoms with van der Waals surface area (Å²) in [6.45, 7) is 5.81. The summed E-state index contributed by atoms with van der Waals surface area (Å²) < 4.78 is 27.6. The van der Waals surface area contributed by atoms with Gasteiger partial charge in [-0.25, -0.2) is 0 Å². The van der Waals surface area contributed by atoms with Gasteiger partial charge < -0.3 is 0 Å². The molecular weight excluding hydrogens is 238 g/mol. The summed E-state index contributed by atoms with van der Waals surface area (Å²) in [7, 11) is -3.36. The highest BCUT2D eigenvalue weighted by atomic mass is 32.2. The lowest BCUT2D eigenvalue weighted by molar-refractivity contribution is 0.259. The fraction of sp³-hybridized carbons (Fsp3) is 0.909. The van der Waals surface area contributed by atoms with Crippen LogP contribution in [0, 0.1) is 17.2 Å². The summed E-state index contributed by atoms with van der Waals surface area (Å²) in [4.78, 5) is 0. The Morgan fingerprint density at radius 2 is 2.24 bits per heavy atom. The summed E-state index contributed by atoms with van der Waals surface area (Å²) in [6, 6.07) is 1.99. The highest BCUT2D eigenvalue weighted by Crippen LogP contribution is 2.20. The van der Waals surface area contributed by atoms with Crippen molar-refractivity contribution < 1.29 is 8.42 Å². The Hall–Kier alpha value is -0.640. The van der Waals surface area contributed by atoms with E-state index in [1.165, 1.54) is 4.31 Å². The van der Waals surface area contributed by atoms with E-state index in [0.29, 0.717) is 32.1 Å². The van der Waals surface area contributed by atoms with Gasteiger partial charge in [-0.05, 0) is 18.8 Å². The highest BCUT2D eigenvalue weighted by Gasteiger charge is 2.31. The molecule has 1 aliphatic rings. The fourth-order valence-corrected chi connectivity index (χ4v) is 3.91. The zero-order chi connectivity index (χ0) is 12.9. The van der Waals surface area contributed by atoms with E-state index in [2.05, 4.69) is 6.92 Å². The maximum absolute atomic E-state index is 12.3. The fourth-order valence-electron chi connectivity index (χ4n) is 2.13. The van der Waals surface area contributed by atoms with Crippen molar-refractivity contribution in [1.29, 1.82) is 5.26 Å². The van der Waals surface area contributed by atoms with Gasteiger partial charge in [-0.3, -0.25) is 0 Å². The lowest BCUT2D eigenvalue weighted by Crippen LogP contribution is -2.47. The summed E-state index contributed by atoms with van der Waals surface area (Å²) in [5, 5.41) is 8.54. The Morgan fingerprint density at radius 3 is 2.76 bits per heavy atom. The van der Waals surface area contributed by atoms with Crippen molar-refractivity contribution in [3.63, 3.8) is 0 Å². The number of hydrogen-bond acceptors (Lipinski definition) is 3. The van der Waals surface area contributed by atoms with Gasteiger partial charge in [0.15, 0.2) is 0 Å². The summed E-state index contributed by atoms with van der Waals surface area (Å²) in [6.07, 6.45) is 2.27. The predicted molar refractivity (Wildman–Crippen MR) is 66.4 cm³/mol. The first-order valence-corrected chi connectivity index (χ1v) is 7.54. The van der Waals surface area contributed by atoms with Crippen LogP contribution in [0.25, 0.3) is 0 Å². The average molecular weight is 259 g/mol. The molecule has 0 aromatic carbocycles. The molecule has 0 aliphatic carbocycles. The topological polar surface area (TPSA) is 64.4 Å². The van der Waals surface area contributed by atoms with Crippen LogP contribution in [-0.4, -0.2) is 43.2 Å². The monoisotopic (exact) mass is 259 g/mol. The number of piperidine rings is 1. The molecule has 1 heterocycles. The molecule has 0 bridgehead atoms. The van der Waals surface area contributed by atoms with Gasteiger partial charge in [0.2, 0.25) is 0 Å². The van der Waals surface area contributed by atoms with Gasteiger partial charge in [-0.2, -0.15) is 22.3 Å². The maximum Gasteiger partial charge on any atom is 0.282 e. The molecule has 0 aromatic rings. The second kappa shape index (κ2) is 6.34. The summed E-state index contributed by atoms with van der Waals surface area (Å²) in [5.74, 6) is 0.424. The molecule has 17 heavy (non-hydrogen) atoms. The SMILES string of the molecule is CCN(CCC#N)S(=O)(=O)N1CCC[C@H](C)C1. The molecule has 0 spiro atoms. The van der Waals surface area contributed by atoms with Crippen LogP contribution in [0.1, 0.15) is 33.1 Å². The van der Waals surface area contributed by atoms with Crippen molar-refractivity contribution >= 4 is 10.2 Å². The van der Waals surface area contributed by atoms with E-state index >= 15 is 0 Å². The molecule has 98 valence electrons. The maximum atomic E-state index is 12.3. The molecule has 5 nitrogen and oxygen atoms in total. The third kappa shape index (κ3) is 3.66. The van der Waals surface area contributed by atoms with Crippen molar-refractivity contribution in [2.75, 3.05) is 26.2 Å². The quantitative estimate of drug-likeness (QED) is 0.745. The molecule has 0 amide bonds. The molecule has 1 atom stereocenters. The molecular formula is C11H21N3O2S. The van der Waals surface area contributed by atoms with Crippen LogP contribution in [-0.2, 0) is 10.2 Å². The third-order valence-electron chi connectivity index (χ3n) is 3.10. The van der Waals surface area contributed by atoms with Crippen molar-refractivity contribution in [1.82, 2.24) is 8.61 Å². The lowest BCUT2D eigenvalue weighted by Gasteiger charge is -2.33. The number of nitriles is 1. The molecule has 0 saturated carbocycles. The summed E-state index contributed by atoms with van der Waals surface area (Å²) in [5.41, 5.74) is 0. The van der Waals surface area contributed by atoms with Crippen molar-refractivity contribution in [2.24, 2.45) is 5.92 Å². The van der Waals surface area contributed by atoms with Gasteiger partial charge in [0.25, 0.3) is 10.2 Å². The Bertz CT molecular complexity index is 375. The first-order valence-electron chi connectivity index (χ1n) is 6.14. The molecule has 0 aromatic heterocycles. The third-order valence-corrected chi connectivity index (χ3v) is 5.18. The Balaban J connectivity index is 2.73. The zero-order valence-electron chi connectivity index (χ0n) is 10.6. The number of rotatable bonds is 5. The largest absolute Gasteiger partial charge is 0.282 e. The Kier molecular flexibility index (Phi) is 5.37. The predicted octanol–water partition coefficient (Wildman–Crippen LogP) is 1.20. The van der Waals surface area contributed by atoms with E-state index in [0.717, 1.165) is 12.8 Å². The van der Waals surface area contributed by atoms with Gasteiger partial charge in [0.05, 0.1) is 6.07 Å². The van der Waals surface area contributed by atoms with Crippen molar-refractivity contribution in [3.05, 3.63) is 0 Å². The van der Waals surface area contributed by atoms with E-state index in [1.54, 1.807) is 4.31 Å². The molecule has 1 saturated heterocycles. The van der Waals surface area contributed by atoms with Crippen LogP contribution in [0.5, 0.6) is 0 Å². The van der Waals surface area contributed by atoms with Gasteiger partial charge in [0.1, 0.15) is 0 Å². The Morgan fingerprint density at radius 1 is 1.53 bits per heavy atom. The van der Waals surface area contributed by atoms with Crippen molar-refractivity contribution in [3.8, 4) is 6.07 Å². The minimum Gasteiger partial charge on any atom is -0.198 e. The van der Waals surface area contributed by atoms with E-state index in [4.69, 9.17) is 5.26 Å². The van der Waals surface area contributed by atoms with Crippen LogP contribution < -0.4 is 0 Å². The second-order valence-electron chi connectivity index (χ2n) is 4.51. The first-order chi connectivity index (χ1) is 8.02. The Labute approximate surface area is 104 Å². The van der Waals surface area contributed by atoms with E-state index in [-0.39, 0.29) is 6.42 Å². The van der Waals surface area contributed by atoms with Crippen LogP contribution in [0.15, 0.2) is 0 Å².